The molecule has 174 valence electrons. The Kier molecular flexibility index (Phi) is 6.08. The van der Waals surface area contributed by atoms with Gasteiger partial charge in [-0.1, -0.05) is 11.6 Å². The van der Waals surface area contributed by atoms with Crippen LogP contribution in [0.2, 0.25) is 5.15 Å². The van der Waals surface area contributed by atoms with E-state index < -0.39 is 42.7 Å². The van der Waals surface area contributed by atoms with E-state index in [1.165, 1.54) is 0 Å². The molecular weight excluding hydrogens is 479 g/mol. The molecule has 0 bridgehead atoms. The van der Waals surface area contributed by atoms with Crippen LogP contribution in [-0.4, -0.2) is 68.4 Å². The SMILES string of the molecule is CN1N=C(C(F)(F)C(F)(F)F)C(OC(F)F)C1n1cc(-c2cnc(Cl)c(C(=O)O)c2)cn1. The van der Waals surface area contributed by atoms with Gasteiger partial charge in [0.15, 0.2) is 12.3 Å². The lowest BCUT2D eigenvalue weighted by Crippen LogP contribution is -2.50. The van der Waals surface area contributed by atoms with Crippen molar-refractivity contribution in [3.8, 4) is 11.1 Å². The molecule has 2 aromatic heterocycles. The molecule has 2 aromatic rings. The van der Waals surface area contributed by atoms with Gasteiger partial charge in [-0.15, -0.1) is 0 Å². The zero-order valence-corrected chi connectivity index (χ0v) is 16.3. The summed E-state index contributed by atoms with van der Waals surface area (Å²) in [7, 11) is 0.972. The molecule has 8 nitrogen and oxygen atoms in total. The van der Waals surface area contributed by atoms with Gasteiger partial charge in [0.25, 0.3) is 0 Å². The molecule has 3 heterocycles. The van der Waals surface area contributed by atoms with E-state index in [1.54, 1.807) is 0 Å². The normalized spacial score (nSPS) is 19.6. The van der Waals surface area contributed by atoms with Crippen molar-refractivity contribution in [2.24, 2.45) is 5.10 Å². The molecule has 0 amide bonds. The fourth-order valence-corrected chi connectivity index (χ4v) is 3.14. The molecule has 0 radical (unpaired) electrons. The number of hydrogen-bond donors (Lipinski definition) is 1. The lowest BCUT2D eigenvalue weighted by atomic mass is 10.1. The van der Waals surface area contributed by atoms with Gasteiger partial charge in [-0.2, -0.15) is 40.9 Å². The fraction of sp³-hybridized carbons (Fsp3) is 0.375. The van der Waals surface area contributed by atoms with E-state index >= 15 is 0 Å². The van der Waals surface area contributed by atoms with Crippen LogP contribution < -0.4 is 0 Å². The summed E-state index contributed by atoms with van der Waals surface area (Å²) in [4.78, 5) is 14.9. The molecule has 0 fully saturated rings. The number of hydrogen-bond acceptors (Lipinski definition) is 6. The number of likely N-dealkylation sites (N-methyl/N-ethyl adjacent to an activating group) is 1. The van der Waals surface area contributed by atoms with Crippen LogP contribution in [0.4, 0.5) is 30.7 Å². The van der Waals surface area contributed by atoms with Crippen LogP contribution in [0.15, 0.2) is 29.8 Å². The van der Waals surface area contributed by atoms with E-state index in [1.807, 2.05) is 0 Å². The van der Waals surface area contributed by atoms with E-state index in [0.29, 0.717) is 5.01 Å². The molecule has 0 saturated heterocycles. The van der Waals surface area contributed by atoms with Crippen LogP contribution >= 0.6 is 11.6 Å². The fourth-order valence-electron chi connectivity index (χ4n) is 2.95. The summed E-state index contributed by atoms with van der Waals surface area (Å²) in [5, 5.41) is 16.3. The molecule has 3 rings (SSSR count). The van der Waals surface area contributed by atoms with E-state index in [4.69, 9.17) is 16.7 Å². The van der Waals surface area contributed by atoms with E-state index in [-0.39, 0.29) is 21.8 Å². The van der Waals surface area contributed by atoms with Crippen molar-refractivity contribution in [2.75, 3.05) is 7.05 Å². The van der Waals surface area contributed by atoms with Crippen LogP contribution in [0.1, 0.15) is 16.5 Å². The first-order valence-electron chi connectivity index (χ1n) is 8.37. The zero-order valence-electron chi connectivity index (χ0n) is 15.6. The van der Waals surface area contributed by atoms with Crippen molar-refractivity contribution < 1.29 is 45.4 Å². The standard InChI is InChI=1S/C16H11ClF7N5O3/c1-28-12(9(32-14(18)19)10(27-28)15(20,21)16(22,23)24)29-5-7(4-26-29)6-2-8(13(30)31)11(17)25-3-6/h2-5,9,12,14H,1H3,(H,30,31). The van der Waals surface area contributed by atoms with Crippen LogP contribution in [0, 0.1) is 0 Å². The molecule has 0 spiro atoms. The van der Waals surface area contributed by atoms with Gasteiger partial charge in [0.2, 0.25) is 0 Å². The molecule has 2 atom stereocenters. The van der Waals surface area contributed by atoms with Gasteiger partial charge in [0.1, 0.15) is 10.9 Å². The summed E-state index contributed by atoms with van der Waals surface area (Å²) < 4.78 is 96.9. The van der Waals surface area contributed by atoms with Crippen molar-refractivity contribution in [3.05, 3.63) is 35.4 Å². The predicted molar refractivity (Wildman–Crippen MR) is 93.5 cm³/mol. The average molecular weight is 490 g/mol. The van der Waals surface area contributed by atoms with Crippen molar-refractivity contribution >= 4 is 23.3 Å². The number of alkyl halides is 7. The third-order valence-electron chi connectivity index (χ3n) is 4.39. The summed E-state index contributed by atoms with van der Waals surface area (Å²) >= 11 is 5.68. The summed E-state index contributed by atoms with van der Waals surface area (Å²) in [6.07, 6.45) is -7.03. The van der Waals surface area contributed by atoms with Crippen LogP contribution in [-0.2, 0) is 4.74 Å². The number of ether oxygens (including phenoxy) is 1. The molecule has 32 heavy (non-hydrogen) atoms. The summed E-state index contributed by atoms with van der Waals surface area (Å²) in [5.41, 5.74) is -2.05. The second-order valence-electron chi connectivity index (χ2n) is 6.44. The van der Waals surface area contributed by atoms with Crippen LogP contribution in [0.25, 0.3) is 11.1 Å². The number of hydrazone groups is 1. The monoisotopic (exact) mass is 489 g/mol. The Morgan fingerprint density at radius 2 is 1.88 bits per heavy atom. The number of carboxylic acids is 1. The second-order valence-corrected chi connectivity index (χ2v) is 6.80. The number of aromatic nitrogens is 3. The summed E-state index contributed by atoms with van der Waals surface area (Å²) in [6.45, 7) is -3.70. The highest BCUT2D eigenvalue weighted by atomic mass is 35.5. The van der Waals surface area contributed by atoms with Gasteiger partial charge < -0.3 is 9.84 Å². The number of carboxylic acid groups (broad SMARTS) is 1. The molecule has 1 N–H and O–H groups in total. The molecule has 0 saturated carbocycles. The highest BCUT2D eigenvalue weighted by molar-refractivity contribution is 6.32. The maximum absolute atomic E-state index is 13.9. The Hall–Kier alpha value is -2.94. The minimum Gasteiger partial charge on any atom is -0.478 e. The first-order valence-corrected chi connectivity index (χ1v) is 8.75. The van der Waals surface area contributed by atoms with Crippen LogP contribution in [0.3, 0.4) is 0 Å². The first kappa shape index (κ1) is 23.7. The number of aromatic carboxylic acids is 1. The van der Waals surface area contributed by atoms with Crippen molar-refractivity contribution in [3.63, 3.8) is 0 Å². The summed E-state index contributed by atoms with van der Waals surface area (Å²) in [5.74, 6) is -6.95. The van der Waals surface area contributed by atoms with E-state index in [0.717, 1.165) is 36.4 Å². The Morgan fingerprint density at radius 3 is 2.44 bits per heavy atom. The van der Waals surface area contributed by atoms with Gasteiger partial charge >= 0.3 is 24.7 Å². The minimum absolute atomic E-state index is 0.136. The van der Waals surface area contributed by atoms with Gasteiger partial charge in [-0.25, -0.2) is 14.5 Å². The Morgan fingerprint density at radius 1 is 1.22 bits per heavy atom. The van der Waals surface area contributed by atoms with Gasteiger partial charge in [-0.05, 0) is 6.07 Å². The maximum Gasteiger partial charge on any atom is 0.459 e. The first-order chi connectivity index (χ1) is 14.7. The van der Waals surface area contributed by atoms with Crippen LogP contribution in [0.5, 0.6) is 0 Å². The van der Waals surface area contributed by atoms with Gasteiger partial charge in [0, 0.05) is 30.6 Å². The minimum atomic E-state index is -6.11. The largest absolute Gasteiger partial charge is 0.478 e. The third kappa shape index (κ3) is 4.21. The van der Waals surface area contributed by atoms with Crippen molar-refractivity contribution in [2.45, 2.75) is 31.0 Å². The quantitative estimate of drug-likeness (QED) is 0.489. The number of rotatable bonds is 6. The highest BCUT2D eigenvalue weighted by Gasteiger charge is 2.66. The maximum atomic E-state index is 13.9. The van der Waals surface area contributed by atoms with Crippen molar-refractivity contribution in [1.82, 2.24) is 19.8 Å². The van der Waals surface area contributed by atoms with Gasteiger partial charge in [-0.3, -0.25) is 5.01 Å². The van der Waals surface area contributed by atoms with Gasteiger partial charge in [0.05, 0.1) is 11.8 Å². The highest BCUT2D eigenvalue weighted by Crippen LogP contribution is 2.43. The molecule has 2 unspecified atom stereocenters. The van der Waals surface area contributed by atoms with E-state index in [2.05, 4.69) is 19.9 Å². The van der Waals surface area contributed by atoms with E-state index in [9.17, 15) is 35.5 Å². The Bertz CT molecular complexity index is 1060. The molecular formula is C16H11ClF7N5O3. The molecule has 1 aliphatic heterocycles. The number of halogens is 8. The Balaban J connectivity index is 2.00. The smallest absolute Gasteiger partial charge is 0.459 e. The number of nitrogens with zero attached hydrogens (tertiary/aromatic N) is 5. The Labute approximate surface area is 178 Å². The van der Waals surface area contributed by atoms with Crippen molar-refractivity contribution in [1.29, 1.82) is 0 Å². The topological polar surface area (TPSA) is 92.8 Å². The summed E-state index contributed by atoms with van der Waals surface area (Å²) in [6, 6.07) is 1.12. The average Bonchev–Trinajstić information content (AvgIpc) is 3.25. The number of carbonyl (C=O) groups is 1. The molecule has 16 heteroatoms. The zero-order chi connectivity index (χ0) is 24.0. The molecule has 0 aliphatic carbocycles. The lowest BCUT2D eigenvalue weighted by Gasteiger charge is -2.27. The second kappa shape index (κ2) is 8.20. The number of pyridine rings is 1. The lowest BCUT2D eigenvalue weighted by molar-refractivity contribution is -0.253. The molecule has 0 aromatic carbocycles. The third-order valence-corrected chi connectivity index (χ3v) is 4.69. The predicted octanol–water partition coefficient (Wildman–Crippen LogP) is 3.90. The molecule has 1 aliphatic rings.